The van der Waals surface area contributed by atoms with Gasteiger partial charge in [-0.05, 0) is 126 Å². The van der Waals surface area contributed by atoms with Gasteiger partial charge in [0.05, 0.1) is 0 Å². The molecule has 0 N–H and O–H groups in total. The summed E-state index contributed by atoms with van der Waals surface area (Å²) < 4.78 is 0. The molecule has 0 aromatic heterocycles. The van der Waals surface area contributed by atoms with Crippen LogP contribution < -0.4 is 0 Å². The maximum atomic E-state index is 4.76. The Labute approximate surface area is 255 Å². The van der Waals surface area contributed by atoms with Gasteiger partial charge in [-0.3, -0.25) is 0 Å². The van der Waals surface area contributed by atoms with Crippen LogP contribution >= 0.6 is 0 Å². The van der Waals surface area contributed by atoms with Crippen LogP contribution in [0.2, 0.25) is 0 Å². The quantitative estimate of drug-likeness (QED) is 0.305. The third-order valence-electron chi connectivity index (χ3n) is 9.70. The summed E-state index contributed by atoms with van der Waals surface area (Å²) in [5, 5.41) is 0. The molecule has 0 heterocycles. The van der Waals surface area contributed by atoms with E-state index in [4.69, 9.17) is 6.58 Å². The molecule has 0 nitrogen and oxygen atoms in total. The molecule has 0 aliphatic heterocycles. The smallest absolute Gasteiger partial charge is 0.0201 e. The first-order valence-electron chi connectivity index (χ1n) is 15.8. The highest BCUT2D eigenvalue weighted by Gasteiger charge is 2.41. The van der Waals surface area contributed by atoms with Gasteiger partial charge in [0.15, 0.2) is 0 Å². The highest BCUT2D eigenvalue weighted by atomic mass is 14.4. The summed E-state index contributed by atoms with van der Waals surface area (Å²) in [6.45, 7) is 29.2. The molecule has 3 aliphatic carbocycles. The number of aryl methyl sites for hydroxylation is 1. The third-order valence-corrected chi connectivity index (χ3v) is 9.70. The maximum Gasteiger partial charge on any atom is 0.0201 e. The van der Waals surface area contributed by atoms with Gasteiger partial charge >= 0.3 is 0 Å². The number of hydrogen-bond donors (Lipinski definition) is 0. The predicted molar refractivity (Wildman–Crippen MR) is 185 cm³/mol. The van der Waals surface area contributed by atoms with Crippen LogP contribution in [-0.2, 0) is 0 Å². The summed E-state index contributed by atoms with van der Waals surface area (Å²) in [5.41, 5.74) is 20.1. The maximum absolute atomic E-state index is 4.76. The van der Waals surface area contributed by atoms with Crippen molar-refractivity contribution in [1.82, 2.24) is 0 Å². The van der Waals surface area contributed by atoms with Crippen LogP contribution in [0.5, 0.6) is 0 Å². The van der Waals surface area contributed by atoms with Gasteiger partial charge in [0.1, 0.15) is 0 Å². The largest absolute Gasteiger partial charge is 0.0955 e. The molecule has 0 amide bonds. The van der Waals surface area contributed by atoms with Crippen molar-refractivity contribution in [2.24, 2.45) is 5.92 Å². The van der Waals surface area contributed by atoms with Gasteiger partial charge in [-0.25, -0.2) is 0 Å². The van der Waals surface area contributed by atoms with E-state index in [1.807, 2.05) is 0 Å². The Morgan fingerprint density at radius 2 is 1.69 bits per heavy atom. The lowest BCUT2D eigenvalue weighted by atomic mass is 9.69. The van der Waals surface area contributed by atoms with Crippen LogP contribution in [0.1, 0.15) is 106 Å². The van der Waals surface area contributed by atoms with E-state index < -0.39 is 0 Å². The minimum Gasteiger partial charge on any atom is -0.0955 e. The van der Waals surface area contributed by atoms with Crippen molar-refractivity contribution in [2.45, 2.75) is 86.0 Å². The molecule has 2 unspecified atom stereocenters. The Morgan fingerprint density at radius 1 is 0.976 bits per heavy atom. The number of allylic oxidation sites excluding steroid dienone is 13. The van der Waals surface area contributed by atoms with Gasteiger partial charge in [0.25, 0.3) is 0 Å². The van der Waals surface area contributed by atoms with Gasteiger partial charge in [-0.15, -0.1) is 0 Å². The van der Waals surface area contributed by atoms with Gasteiger partial charge < -0.3 is 0 Å². The molecule has 0 saturated heterocycles. The molecule has 3 aliphatic rings. The molecule has 0 spiro atoms. The zero-order valence-corrected chi connectivity index (χ0v) is 27.0. The summed E-state index contributed by atoms with van der Waals surface area (Å²) in [4.78, 5) is 0. The minimum atomic E-state index is 0.269. The minimum absolute atomic E-state index is 0.269. The monoisotopic (exact) mass is 552 g/mol. The van der Waals surface area contributed by atoms with E-state index in [9.17, 15) is 0 Å². The summed E-state index contributed by atoms with van der Waals surface area (Å²) in [5.74, 6) is 1.09. The molecule has 1 saturated carbocycles. The van der Waals surface area contributed by atoms with Crippen LogP contribution in [0, 0.1) is 19.8 Å². The number of hydrogen-bond acceptors (Lipinski definition) is 0. The third kappa shape index (κ3) is 5.57. The van der Waals surface area contributed by atoms with E-state index in [0.717, 1.165) is 31.3 Å². The van der Waals surface area contributed by atoms with Crippen molar-refractivity contribution < 1.29 is 0 Å². The average molecular weight is 553 g/mol. The van der Waals surface area contributed by atoms with Gasteiger partial charge in [-0.1, -0.05) is 118 Å². The predicted octanol–water partition coefficient (Wildman–Crippen LogP) is 12.1. The lowest BCUT2D eigenvalue weighted by Gasteiger charge is -2.34. The molecular formula is C42H48. The molecule has 0 bridgehead atoms. The Bertz CT molecular complexity index is 1620. The molecule has 0 heteroatoms. The summed E-state index contributed by atoms with van der Waals surface area (Å²) in [6, 6.07) is 14.0. The SMILES string of the molecule is C=C(CCC)C1=C(C)C=C2C/C(=C\C3=CC=C(c4cc(C)c(C)c(C(=C)C)c4)C3)C(=C)C2C1c1ccc(C(C)C)cc1. The highest BCUT2D eigenvalue weighted by Crippen LogP contribution is 2.55. The highest BCUT2D eigenvalue weighted by molar-refractivity contribution is 5.78. The van der Waals surface area contributed by atoms with Crippen LogP contribution in [0.25, 0.3) is 11.1 Å². The van der Waals surface area contributed by atoms with Gasteiger partial charge in [0, 0.05) is 11.8 Å². The van der Waals surface area contributed by atoms with Crippen LogP contribution in [0.3, 0.4) is 0 Å². The summed E-state index contributed by atoms with van der Waals surface area (Å²) >= 11 is 0. The normalized spacial score (nSPS) is 21.1. The Hall–Kier alpha value is -3.64. The van der Waals surface area contributed by atoms with Gasteiger partial charge in [-0.2, -0.15) is 0 Å². The molecule has 216 valence electrons. The van der Waals surface area contributed by atoms with Crippen molar-refractivity contribution in [3.05, 3.63) is 153 Å². The first-order valence-corrected chi connectivity index (χ1v) is 15.8. The zero-order valence-electron chi connectivity index (χ0n) is 27.0. The van der Waals surface area contributed by atoms with Crippen LogP contribution in [-0.4, -0.2) is 0 Å². The van der Waals surface area contributed by atoms with E-state index in [1.165, 1.54) is 78.0 Å². The molecule has 42 heavy (non-hydrogen) atoms. The number of rotatable bonds is 8. The van der Waals surface area contributed by atoms with Crippen molar-refractivity contribution in [3.63, 3.8) is 0 Å². The van der Waals surface area contributed by atoms with Crippen LogP contribution in [0.4, 0.5) is 0 Å². The first kappa shape index (κ1) is 29.8. The Morgan fingerprint density at radius 3 is 2.33 bits per heavy atom. The summed E-state index contributed by atoms with van der Waals surface area (Å²) in [7, 11) is 0. The topological polar surface area (TPSA) is 0 Å². The first-order chi connectivity index (χ1) is 20.0. The fourth-order valence-corrected chi connectivity index (χ4v) is 7.27. The standard InChI is InChI=1S/C42H48/c1-11-12-27(6)40-29(8)20-38-23-36(31(10)41(38)42(40)34-17-15-33(16-18-34)25(2)3)22-32-13-14-35(21-32)37-19-28(7)30(9)39(24-37)26(4)5/h13-20,22,24-25,41-42H,4,6,10-12,21,23H2,1-3,5,7-9H3/b36-22+. The Balaban J connectivity index is 1.45. The zero-order chi connectivity index (χ0) is 30.3. The van der Waals surface area contributed by atoms with Crippen molar-refractivity contribution in [3.8, 4) is 0 Å². The number of benzene rings is 2. The lowest BCUT2D eigenvalue weighted by molar-refractivity contribution is 0.619. The molecule has 2 aromatic rings. The molecule has 2 aromatic carbocycles. The van der Waals surface area contributed by atoms with Crippen molar-refractivity contribution >= 4 is 11.1 Å². The van der Waals surface area contributed by atoms with E-state index >= 15 is 0 Å². The second kappa shape index (κ2) is 11.9. The van der Waals surface area contributed by atoms with Gasteiger partial charge in [0.2, 0.25) is 0 Å². The molecule has 1 fully saturated rings. The van der Waals surface area contributed by atoms with Crippen molar-refractivity contribution in [2.75, 3.05) is 0 Å². The van der Waals surface area contributed by atoms with E-state index in [2.05, 4.69) is 122 Å². The van der Waals surface area contributed by atoms with Crippen molar-refractivity contribution in [1.29, 1.82) is 0 Å². The second-order valence-corrected chi connectivity index (χ2v) is 13.2. The molecule has 2 atom stereocenters. The molecule has 5 rings (SSSR count). The molecule has 0 radical (unpaired) electrons. The van der Waals surface area contributed by atoms with Crippen LogP contribution in [0.15, 0.2) is 119 Å². The number of fused-ring (bicyclic) bond motifs is 1. The van der Waals surface area contributed by atoms with E-state index in [0.29, 0.717) is 11.8 Å². The second-order valence-electron chi connectivity index (χ2n) is 13.2. The fourth-order valence-electron chi connectivity index (χ4n) is 7.27. The average Bonchev–Trinajstić information content (AvgIpc) is 3.53. The van der Waals surface area contributed by atoms with E-state index in [1.54, 1.807) is 0 Å². The fraction of sp³-hybridized carbons (Fsp3) is 0.333. The Kier molecular flexibility index (Phi) is 8.47. The lowest BCUT2D eigenvalue weighted by Crippen LogP contribution is -2.21. The molecular weight excluding hydrogens is 504 g/mol. The van der Waals surface area contributed by atoms with E-state index in [-0.39, 0.29) is 5.92 Å². The summed E-state index contributed by atoms with van der Waals surface area (Å²) in [6.07, 6.45) is 13.6.